The van der Waals surface area contributed by atoms with Crippen molar-refractivity contribution in [1.29, 1.82) is 0 Å². The Balaban J connectivity index is 1.75. The van der Waals surface area contributed by atoms with E-state index in [0.29, 0.717) is 17.6 Å². The number of hydrogen-bond donors (Lipinski definition) is 1. The maximum Gasteiger partial charge on any atom is 0.0664 e. The van der Waals surface area contributed by atoms with Crippen LogP contribution >= 0.6 is 0 Å². The van der Waals surface area contributed by atoms with Crippen LogP contribution in [-0.2, 0) is 4.74 Å². The van der Waals surface area contributed by atoms with Crippen molar-refractivity contribution in [2.24, 2.45) is 5.41 Å². The first kappa shape index (κ1) is 17.3. The lowest BCUT2D eigenvalue weighted by Gasteiger charge is -2.55. The highest BCUT2D eigenvalue weighted by atomic mass is 16.5. The fourth-order valence-corrected chi connectivity index (χ4v) is 4.45. The van der Waals surface area contributed by atoms with Gasteiger partial charge in [-0.25, -0.2) is 0 Å². The van der Waals surface area contributed by atoms with Crippen molar-refractivity contribution in [3.63, 3.8) is 0 Å². The highest BCUT2D eigenvalue weighted by Crippen LogP contribution is 2.55. The molecule has 2 saturated carbocycles. The fourth-order valence-electron chi connectivity index (χ4n) is 4.45. The quantitative estimate of drug-likeness (QED) is 0.569. The Morgan fingerprint density at radius 1 is 1.10 bits per heavy atom. The van der Waals surface area contributed by atoms with E-state index in [1.165, 1.54) is 77.2 Å². The second kappa shape index (κ2) is 8.53. The smallest absolute Gasteiger partial charge is 0.0664 e. The van der Waals surface area contributed by atoms with E-state index in [2.05, 4.69) is 26.1 Å². The highest BCUT2D eigenvalue weighted by Gasteiger charge is 2.56. The number of ether oxygens (including phenoxy) is 1. The summed E-state index contributed by atoms with van der Waals surface area (Å²) in [5, 5.41) is 3.78. The van der Waals surface area contributed by atoms with Gasteiger partial charge in [-0.3, -0.25) is 0 Å². The fraction of sp³-hybridized carbons (Fsp3) is 1.00. The molecular formula is C19H37NO. The van der Waals surface area contributed by atoms with Crippen LogP contribution in [0, 0.1) is 5.41 Å². The molecule has 0 amide bonds. The molecule has 3 atom stereocenters. The molecule has 0 radical (unpaired) electrons. The van der Waals surface area contributed by atoms with Crippen LogP contribution in [0.2, 0.25) is 0 Å². The topological polar surface area (TPSA) is 21.3 Å². The van der Waals surface area contributed by atoms with Crippen molar-refractivity contribution in [2.75, 3.05) is 6.54 Å². The zero-order chi connectivity index (χ0) is 15.1. The molecule has 0 bridgehead atoms. The van der Waals surface area contributed by atoms with Crippen LogP contribution in [-0.4, -0.2) is 24.8 Å². The second-order valence-electron chi connectivity index (χ2n) is 7.47. The van der Waals surface area contributed by atoms with E-state index in [0.717, 1.165) is 6.04 Å². The van der Waals surface area contributed by atoms with Gasteiger partial charge in [0.1, 0.15) is 0 Å². The lowest BCUT2D eigenvalue weighted by molar-refractivity contribution is -0.158. The van der Waals surface area contributed by atoms with Crippen molar-refractivity contribution in [2.45, 2.75) is 110 Å². The predicted molar refractivity (Wildman–Crippen MR) is 90.7 cm³/mol. The van der Waals surface area contributed by atoms with Gasteiger partial charge >= 0.3 is 0 Å². The molecule has 0 aromatic heterocycles. The average molecular weight is 296 g/mol. The molecule has 2 aliphatic rings. The van der Waals surface area contributed by atoms with Gasteiger partial charge < -0.3 is 10.1 Å². The monoisotopic (exact) mass is 295 g/mol. The average Bonchev–Trinajstić information content (AvgIpc) is 2.99. The van der Waals surface area contributed by atoms with Crippen molar-refractivity contribution in [3.8, 4) is 0 Å². The molecule has 0 heterocycles. The summed E-state index contributed by atoms with van der Waals surface area (Å²) in [6, 6.07) is 0.734. The molecular weight excluding hydrogens is 258 g/mol. The van der Waals surface area contributed by atoms with E-state index in [1.54, 1.807) is 0 Å². The molecule has 1 N–H and O–H groups in total. The van der Waals surface area contributed by atoms with Gasteiger partial charge in [0.15, 0.2) is 0 Å². The summed E-state index contributed by atoms with van der Waals surface area (Å²) >= 11 is 0. The Bertz CT molecular complexity index is 285. The lowest BCUT2D eigenvalue weighted by Crippen LogP contribution is -2.63. The third kappa shape index (κ3) is 4.22. The first-order valence-corrected chi connectivity index (χ1v) is 9.61. The third-order valence-electron chi connectivity index (χ3n) is 5.82. The molecule has 0 aliphatic heterocycles. The zero-order valence-corrected chi connectivity index (χ0v) is 14.6. The molecule has 2 nitrogen and oxygen atoms in total. The minimum atomic E-state index is 0.455. The molecule has 2 rings (SSSR count). The largest absolute Gasteiger partial charge is 0.375 e. The minimum absolute atomic E-state index is 0.455. The van der Waals surface area contributed by atoms with E-state index < -0.39 is 0 Å². The summed E-state index contributed by atoms with van der Waals surface area (Å²) in [7, 11) is 0. The zero-order valence-electron chi connectivity index (χ0n) is 14.6. The van der Waals surface area contributed by atoms with Crippen LogP contribution in [0.4, 0.5) is 0 Å². The van der Waals surface area contributed by atoms with Crippen LogP contribution in [0.25, 0.3) is 0 Å². The lowest BCUT2D eigenvalue weighted by atomic mass is 9.60. The molecule has 0 saturated heterocycles. The first-order chi connectivity index (χ1) is 10.2. The van der Waals surface area contributed by atoms with Crippen molar-refractivity contribution < 1.29 is 4.74 Å². The molecule has 0 aromatic rings. The van der Waals surface area contributed by atoms with Gasteiger partial charge in [0.2, 0.25) is 0 Å². The van der Waals surface area contributed by atoms with Crippen molar-refractivity contribution in [1.82, 2.24) is 5.32 Å². The molecule has 2 fully saturated rings. The summed E-state index contributed by atoms with van der Waals surface area (Å²) in [5.41, 5.74) is 0.493. The van der Waals surface area contributed by atoms with Crippen molar-refractivity contribution in [3.05, 3.63) is 0 Å². The molecule has 2 aliphatic carbocycles. The minimum Gasteiger partial charge on any atom is -0.375 e. The van der Waals surface area contributed by atoms with Gasteiger partial charge in [-0.05, 0) is 45.6 Å². The molecule has 21 heavy (non-hydrogen) atoms. The Morgan fingerprint density at radius 3 is 2.52 bits per heavy atom. The standard InChI is InChI=1S/C19H37NO/c1-4-6-7-8-11-16(3)21-18-15-17(20-14-5-2)19(18)12-9-10-13-19/h16-18,20H,4-15H2,1-3H3. The number of hydrogen-bond acceptors (Lipinski definition) is 2. The van der Waals surface area contributed by atoms with Crippen LogP contribution in [0.3, 0.4) is 0 Å². The second-order valence-corrected chi connectivity index (χ2v) is 7.47. The Labute approximate surface area is 132 Å². The van der Waals surface area contributed by atoms with Gasteiger partial charge in [0.05, 0.1) is 12.2 Å². The van der Waals surface area contributed by atoms with Crippen LogP contribution in [0.5, 0.6) is 0 Å². The summed E-state index contributed by atoms with van der Waals surface area (Å²) in [6.07, 6.45) is 15.8. The summed E-state index contributed by atoms with van der Waals surface area (Å²) in [5.74, 6) is 0. The van der Waals surface area contributed by atoms with Crippen LogP contribution in [0.1, 0.15) is 91.4 Å². The van der Waals surface area contributed by atoms with E-state index in [4.69, 9.17) is 4.74 Å². The number of unbranched alkanes of at least 4 members (excludes halogenated alkanes) is 3. The van der Waals surface area contributed by atoms with Crippen molar-refractivity contribution >= 4 is 0 Å². The molecule has 1 spiro atoms. The van der Waals surface area contributed by atoms with Gasteiger partial charge in [-0.2, -0.15) is 0 Å². The number of rotatable bonds is 10. The Morgan fingerprint density at radius 2 is 1.86 bits per heavy atom. The van der Waals surface area contributed by atoms with Gasteiger partial charge in [-0.1, -0.05) is 52.4 Å². The maximum absolute atomic E-state index is 6.47. The summed E-state index contributed by atoms with van der Waals surface area (Å²) in [6.45, 7) is 8.01. The summed E-state index contributed by atoms with van der Waals surface area (Å²) < 4.78 is 6.47. The normalized spacial score (nSPS) is 28.7. The molecule has 0 aromatic carbocycles. The highest BCUT2D eigenvalue weighted by molar-refractivity contribution is 5.10. The molecule has 3 unspecified atom stereocenters. The van der Waals surface area contributed by atoms with Gasteiger partial charge in [-0.15, -0.1) is 0 Å². The van der Waals surface area contributed by atoms with Gasteiger partial charge in [0.25, 0.3) is 0 Å². The molecule has 2 heteroatoms. The molecule has 124 valence electrons. The van der Waals surface area contributed by atoms with Crippen LogP contribution in [0.15, 0.2) is 0 Å². The SMILES string of the molecule is CCCCCCC(C)OC1CC(NCCC)C12CCCC2. The van der Waals surface area contributed by atoms with E-state index in [-0.39, 0.29) is 0 Å². The predicted octanol–water partition coefficient (Wildman–Crippen LogP) is 5.06. The summed E-state index contributed by atoms with van der Waals surface area (Å²) in [4.78, 5) is 0. The van der Waals surface area contributed by atoms with E-state index in [1.807, 2.05) is 0 Å². The Hall–Kier alpha value is -0.0800. The van der Waals surface area contributed by atoms with E-state index >= 15 is 0 Å². The Kier molecular flexibility index (Phi) is 7.01. The number of nitrogens with one attached hydrogen (secondary N) is 1. The maximum atomic E-state index is 6.47. The first-order valence-electron chi connectivity index (χ1n) is 9.61. The van der Waals surface area contributed by atoms with E-state index in [9.17, 15) is 0 Å². The third-order valence-corrected chi connectivity index (χ3v) is 5.82. The van der Waals surface area contributed by atoms with Crippen LogP contribution < -0.4 is 5.32 Å². The van der Waals surface area contributed by atoms with Gasteiger partial charge in [0, 0.05) is 11.5 Å².